The summed E-state index contributed by atoms with van der Waals surface area (Å²) in [5.41, 5.74) is 1.27. The Labute approximate surface area is 130 Å². The highest BCUT2D eigenvalue weighted by Gasteiger charge is 2.22. The van der Waals surface area contributed by atoms with Gasteiger partial charge in [-0.25, -0.2) is 0 Å². The molecule has 1 aromatic heterocycles. The van der Waals surface area contributed by atoms with Crippen molar-refractivity contribution in [2.24, 2.45) is 17.8 Å². The van der Waals surface area contributed by atoms with Crippen LogP contribution in [0.5, 0.6) is 0 Å². The monoisotopic (exact) mass is 292 g/mol. The van der Waals surface area contributed by atoms with Gasteiger partial charge in [0.05, 0.1) is 12.8 Å². The van der Waals surface area contributed by atoms with Crippen LogP contribution in [0.3, 0.4) is 0 Å². The van der Waals surface area contributed by atoms with E-state index in [9.17, 15) is 0 Å². The second kappa shape index (κ2) is 8.00. The molecule has 1 saturated heterocycles. The summed E-state index contributed by atoms with van der Waals surface area (Å²) in [4.78, 5) is 2.53. The van der Waals surface area contributed by atoms with Crippen LogP contribution in [0.4, 0.5) is 0 Å². The SMILES string of the molecule is CC(C)CNCc1coc(CN2CCC(C(C)C)CC2)c1. The minimum absolute atomic E-state index is 0.693. The molecule has 0 bridgehead atoms. The lowest BCUT2D eigenvalue weighted by Crippen LogP contribution is -2.34. The average molecular weight is 292 g/mol. The number of likely N-dealkylation sites (tertiary alicyclic amines) is 1. The van der Waals surface area contributed by atoms with Gasteiger partial charge in [0.1, 0.15) is 5.76 Å². The Hall–Kier alpha value is -0.800. The number of nitrogens with zero attached hydrogens (tertiary/aromatic N) is 1. The Kier molecular flexibility index (Phi) is 6.31. The molecule has 2 heterocycles. The molecule has 0 aromatic carbocycles. The molecule has 0 spiro atoms. The van der Waals surface area contributed by atoms with Crippen molar-refractivity contribution in [3.63, 3.8) is 0 Å². The number of hydrogen-bond donors (Lipinski definition) is 1. The molecule has 1 N–H and O–H groups in total. The van der Waals surface area contributed by atoms with Crippen LogP contribution in [-0.2, 0) is 13.1 Å². The molecule has 0 unspecified atom stereocenters. The molecule has 0 amide bonds. The largest absolute Gasteiger partial charge is 0.468 e. The Morgan fingerprint density at radius 2 is 1.95 bits per heavy atom. The summed E-state index contributed by atoms with van der Waals surface area (Å²) >= 11 is 0. The first kappa shape index (κ1) is 16.6. The Balaban J connectivity index is 1.73. The smallest absolute Gasteiger partial charge is 0.118 e. The predicted octanol–water partition coefficient (Wildman–Crippen LogP) is 3.89. The van der Waals surface area contributed by atoms with Crippen molar-refractivity contribution in [3.05, 3.63) is 23.7 Å². The molecular weight excluding hydrogens is 260 g/mol. The van der Waals surface area contributed by atoms with Crippen LogP contribution in [0.15, 0.2) is 16.7 Å². The number of hydrogen-bond acceptors (Lipinski definition) is 3. The summed E-state index contributed by atoms with van der Waals surface area (Å²) in [5, 5.41) is 3.46. The maximum atomic E-state index is 5.72. The van der Waals surface area contributed by atoms with Gasteiger partial charge in [0.2, 0.25) is 0 Å². The molecule has 0 radical (unpaired) electrons. The minimum Gasteiger partial charge on any atom is -0.468 e. The fraction of sp³-hybridized carbons (Fsp3) is 0.778. The molecule has 1 aromatic rings. The number of nitrogens with one attached hydrogen (secondary N) is 1. The molecule has 0 aliphatic carbocycles. The number of rotatable bonds is 7. The summed E-state index contributed by atoms with van der Waals surface area (Å²) in [6.07, 6.45) is 4.58. The van der Waals surface area contributed by atoms with E-state index in [4.69, 9.17) is 4.42 Å². The summed E-state index contributed by atoms with van der Waals surface area (Å²) in [6.45, 7) is 14.5. The second-order valence-corrected chi connectivity index (χ2v) is 7.30. The van der Waals surface area contributed by atoms with Crippen LogP contribution >= 0.6 is 0 Å². The molecule has 120 valence electrons. The van der Waals surface area contributed by atoms with Crippen molar-refractivity contribution in [2.45, 2.75) is 53.6 Å². The summed E-state index contributed by atoms with van der Waals surface area (Å²) < 4.78 is 5.72. The third kappa shape index (κ3) is 5.48. The Morgan fingerprint density at radius 3 is 2.57 bits per heavy atom. The topological polar surface area (TPSA) is 28.4 Å². The molecule has 3 nitrogen and oxygen atoms in total. The molecule has 21 heavy (non-hydrogen) atoms. The third-order valence-corrected chi connectivity index (χ3v) is 4.54. The average Bonchev–Trinajstić information content (AvgIpc) is 2.86. The first-order chi connectivity index (χ1) is 10.0. The van der Waals surface area contributed by atoms with Crippen LogP contribution in [0.25, 0.3) is 0 Å². The standard InChI is InChI=1S/C18H32N2O/c1-14(2)10-19-11-16-9-18(21-13-16)12-20-7-5-17(6-8-20)15(3)4/h9,13-15,17,19H,5-8,10-12H2,1-4H3. The normalized spacial score (nSPS) is 18.0. The van der Waals surface area contributed by atoms with E-state index in [0.29, 0.717) is 5.92 Å². The van der Waals surface area contributed by atoms with Gasteiger partial charge in [-0.05, 0) is 56.3 Å². The maximum absolute atomic E-state index is 5.72. The van der Waals surface area contributed by atoms with Crippen LogP contribution in [0, 0.1) is 17.8 Å². The maximum Gasteiger partial charge on any atom is 0.118 e. The lowest BCUT2D eigenvalue weighted by atomic mass is 9.87. The van der Waals surface area contributed by atoms with Gasteiger partial charge in [0.25, 0.3) is 0 Å². The zero-order valence-electron chi connectivity index (χ0n) is 14.2. The third-order valence-electron chi connectivity index (χ3n) is 4.54. The first-order valence-corrected chi connectivity index (χ1v) is 8.54. The summed E-state index contributed by atoms with van der Waals surface area (Å²) in [6, 6.07) is 2.21. The lowest BCUT2D eigenvalue weighted by Gasteiger charge is -2.33. The van der Waals surface area contributed by atoms with Crippen molar-refractivity contribution in [2.75, 3.05) is 19.6 Å². The van der Waals surface area contributed by atoms with Gasteiger partial charge in [-0.3, -0.25) is 4.90 Å². The highest BCUT2D eigenvalue weighted by atomic mass is 16.3. The van der Waals surface area contributed by atoms with Gasteiger partial charge < -0.3 is 9.73 Å². The van der Waals surface area contributed by atoms with Crippen molar-refractivity contribution in [3.8, 4) is 0 Å². The van der Waals surface area contributed by atoms with Gasteiger partial charge >= 0.3 is 0 Å². The van der Waals surface area contributed by atoms with Crippen molar-refractivity contribution in [1.82, 2.24) is 10.2 Å². The highest BCUT2D eigenvalue weighted by Crippen LogP contribution is 2.25. The lowest BCUT2D eigenvalue weighted by molar-refractivity contribution is 0.144. The zero-order valence-corrected chi connectivity index (χ0v) is 14.2. The molecule has 3 heteroatoms. The van der Waals surface area contributed by atoms with E-state index in [-0.39, 0.29) is 0 Å². The molecular formula is C18H32N2O. The van der Waals surface area contributed by atoms with E-state index in [0.717, 1.165) is 37.2 Å². The second-order valence-electron chi connectivity index (χ2n) is 7.30. The molecule has 0 atom stereocenters. The van der Waals surface area contributed by atoms with Gasteiger partial charge in [-0.2, -0.15) is 0 Å². The van der Waals surface area contributed by atoms with E-state index in [1.807, 2.05) is 6.26 Å². The van der Waals surface area contributed by atoms with Gasteiger partial charge in [0.15, 0.2) is 0 Å². The van der Waals surface area contributed by atoms with E-state index in [2.05, 4.69) is 44.0 Å². The van der Waals surface area contributed by atoms with E-state index >= 15 is 0 Å². The van der Waals surface area contributed by atoms with Crippen LogP contribution in [0.1, 0.15) is 51.9 Å². The molecule has 1 aliphatic heterocycles. The highest BCUT2D eigenvalue weighted by molar-refractivity contribution is 5.12. The van der Waals surface area contributed by atoms with E-state index in [1.54, 1.807) is 0 Å². The van der Waals surface area contributed by atoms with E-state index in [1.165, 1.54) is 31.5 Å². The predicted molar refractivity (Wildman–Crippen MR) is 88.1 cm³/mol. The molecule has 1 aliphatic rings. The fourth-order valence-electron chi connectivity index (χ4n) is 3.11. The Bertz CT molecular complexity index is 403. The van der Waals surface area contributed by atoms with Crippen LogP contribution in [-0.4, -0.2) is 24.5 Å². The van der Waals surface area contributed by atoms with Crippen molar-refractivity contribution < 1.29 is 4.42 Å². The van der Waals surface area contributed by atoms with Crippen LogP contribution < -0.4 is 5.32 Å². The van der Waals surface area contributed by atoms with Crippen molar-refractivity contribution >= 4 is 0 Å². The summed E-state index contributed by atoms with van der Waals surface area (Å²) in [5.74, 6) is 3.54. The molecule has 0 saturated carbocycles. The Morgan fingerprint density at radius 1 is 1.24 bits per heavy atom. The van der Waals surface area contributed by atoms with Gasteiger partial charge in [-0.1, -0.05) is 27.7 Å². The zero-order chi connectivity index (χ0) is 15.2. The minimum atomic E-state index is 0.693. The quantitative estimate of drug-likeness (QED) is 0.826. The summed E-state index contributed by atoms with van der Waals surface area (Å²) in [7, 11) is 0. The fourth-order valence-corrected chi connectivity index (χ4v) is 3.11. The van der Waals surface area contributed by atoms with Gasteiger partial charge in [0, 0.05) is 12.1 Å². The number of furan rings is 1. The molecule has 1 fully saturated rings. The first-order valence-electron chi connectivity index (χ1n) is 8.54. The number of piperidine rings is 1. The van der Waals surface area contributed by atoms with Crippen molar-refractivity contribution in [1.29, 1.82) is 0 Å². The van der Waals surface area contributed by atoms with Gasteiger partial charge in [-0.15, -0.1) is 0 Å². The van der Waals surface area contributed by atoms with Crippen LogP contribution in [0.2, 0.25) is 0 Å². The van der Waals surface area contributed by atoms with E-state index < -0.39 is 0 Å². The molecule has 2 rings (SSSR count).